The molecule has 0 aliphatic rings. The van der Waals surface area contributed by atoms with Crippen molar-refractivity contribution in [2.75, 3.05) is 0 Å². The standard InChI is InChI=1S/C12H10BrNOS/c13-11-7-9(8-15)1-2-12(11)16-10-3-5-14-6-4-10/h1-7,15H,8H2. The first-order chi connectivity index (χ1) is 7.79. The molecule has 16 heavy (non-hydrogen) atoms. The van der Waals surface area contributed by atoms with E-state index in [4.69, 9.17) is 5.11 Å². The third kappa shape index (κ3) is 2.84. The zero-order valence-electron chi connectivity index (χ0n) is 8.43. The first-order valence-electron chi connectivity index (χ1n) is 4.77. The molecule has 0 aliphatic heterocycles. The van der Waals surface area contributed by atoms with Crippen molar-refractivity contribution in [3.8, 4) is 0 Å². The van der Waals surface area contributed by atoms with Crippen molar-refractivity contribution >= 4 is 27.7 Å². The summed E-state index contributed by atoms with van der Waals surface area (Å²) in [6.07, 6.45) is 3.55. The van der Waals surface area contributed by atoms with Gasteiger partial charge in [-0.25, -0.2) is 0 Å². The molecule has 0 atom stereocenters. The highest BCUT2D eigenvalue weighted by atomic mass is 79.9. The van der Waals surface area contributed by atoms with Gasteiger partial charge in [-0.15, -0.1) is 0 Å². The zero-order valence-corrected chi connectivity index (χ0v) is 10.8. The first kappa shape index (κ1) is 11.6. The molecule has 0 spiro atoms. The van der Waals surface area contributed by atoms with Gasteiger partial charge in [0.1, 0.15) is 0 Å². The van der Waals surface area contributed by atoms with Crippen molar-refractivity contribution in [1.29, 1.82) is 0 Å². The quantitative estimate of drug-likeness (QED) is 0.941. The van der Waals surface area contributed by atoms with E-state index >= 15 is 0 Å². The lowest BCUT2D eigenvalue weighted by molar-refractivity contribution is 0.281. The highest BCUT2D eigenvalue weighted by molar-refractivity contribution is 9.10. The molecule has 0 radical (unpaired) electrons. The maximum atomic E-state index is 9.01. The van der Waals surface area contributed by atoms with Crippen LogP contribution in [0.15, 0.2) is 57.0 Å². The van der Waals surface area contributed by atoms with E-state index < -0.39 is 0 Å². The van der Waals surface area contributed by atoms with Crippen LogP contribution in [0.3, 0.4) is 0 Å². The van der Waals surface area contributed by atoms with Crippen LogP contribution >= 0.6 is 27.7 Å². The predicted molar refractivity (Wildman–Crippen MR) is 68.4 cm³/mol. The van der Waals surface area contributed by atoms with Gasteiger partial charge in [0.25, 0.3) is 0 Å². The van der Waals surface area contributed by atoms with Crippen LogP contribution in [0.5, 0.6) is 0 Å². The van der Waals surface area contributed by atoms with Gasteiger partial charge in [-0.05, 0) is 45.8 Å². The third-order valence-corrected chi connectivity index (χ3v) is 4.06. The minimum atomic E-state index is 0.0683. The summed E-state index contributed by atoms with van der Waals surface area (Å²) in [5.74, 6) is 0. The molecule has 0 aliphatic carbocycles. The van der Waals surface area contributed by atoms with E-state index in [1.54, 1.807) is 24.2 Å². The fraction of sp³-hybridized carbons (Fsp3) is 0.0833. The third-order valence-electron chi connectivity index (χ3n) is 2.06. The Morgan fingerprint density at radius 3 is 2.56 bits per heavy atom. The monoisotopic (exact) mass is 295 g/mol. The topological polar surface area (TPSA) is 33.1 Å². The summed E-state index contributed by atoms with van der Waals surface area (Å²) in [6, 6.07) is 9.80. The van der Waals surface area contributed by atoms with Crippen LogP contribution in [0.2, 0.25) is 0 Å². The molecule has 2 aromatic rings. The maximum absolute atomic E-state index is 9.01. The van der Waals surface area contributed by atoms with Gasteiger partial charge in [0.2, 0.25) is 0 Å². The molecule has 2 rings (SSSR count). The molecule has 1 aromatic heterocycles. The van der Waals surface area contributed by atoms with Crippen molar-refractivity contribution in [2.45, 2.75) is 16.4 Å². The van der Waals surface area contributed by atoms with Crippen LogP contribution in [0, 0.1) is 0 Å². The number of aromatic nitrogens is 1. The molecule has 1 aromatic carbocycles. The van der Waals surface area contributed by atoms with E-state index in [1.807, 2.05) is 30.3 Å². The summed E-state index contributed by atoms with van der Waals surface area (Å²) >= 11 is 5.16. The Hall–Kier alpha value is -0.840. The largest absolute Gasteiger partial charge is 0.392 e. The summed E-state index contributed by atoms with van der Waals surface area (Å²) in [5, 5.41) is 9.01. The molecule has 82 valence electrons. The van der Waals surface area contributed by atoms with Crippen molar-refractivity contribution in [3.63, 3.8) is 0 Å². The van der Waals surface area contributed by atoms with Crippen LogP contribution in [0.4, 0.5) is 0 Å². The Bertz CT molecular complexity index is 476. The van der Waals surface area contributed by atoms with E-state index in [0.29, 0.717) is 0 Å². The SMILES string of the molecule is OCc1ccc(Sc2ccncc2)c(Br)c1. The maximum Gasteiger partial charge on any atom is 0.0682 e. The number of hydrogen-bond donors (Lipinski definition) is 1. The van der Waals surface area contributed by atoms with E-state index in [2.05, 4.69) is 20.9 Å². The lowest BCUT2D eigenvalue weighted by Crippen LogP contribution is -1.84. The second-order valence-corrected chi connectivity index (χ2v) is 5.18. The summed E-state index contributed by atoms with van der Waals surface area (Å²) in [6.45, 7) is 0.0683. The van der Waals surface area contributed by atoms with Crippen molar-refractivity contribution < 1.29 is 5.11 Å². The Morgan fingerprint density at radius 1 is 1.19 bits per heavy atom. The zero-order chi connectivity index (χ0) is 11.4. The highest BCUT2D eigenvalue weighted by Crippen LogP contribution is 2.33. The average Bonchev–Trinajstić information content (AvgIpc) is 2.33. The lowest BCUT2D eigenvalue weighted by atomic mass is 10.2. The van der Waals surface area contributed by atoms with Crippen LogP contribution in [0.1, 0.15) is 5.56 Å². The van der Waals surface area contributed by atoms with Gasteiger partial charge >= 0.3 is 0 Å². The predicted octanol–water partition coefficient (Wildman–Crippen LogP) is 3.49. The molecule has 0 saturated carbocycles. The smallest absolute Gasteiger partial charge is 0.0682 e. The molecule has 2 nitrogen and oxygen atoms in total. The number of aliphatic hydroxyl groups is 1. The van der Waals surface area contributed by atoms with E-state index in [9.17, 15) is 0 Å². The van der Waals surface area contributed by atoms with E-state index in [1.165, 1.54) is 0 Å². The summed E-state index contributed by atoms with van der Waals surface area (Å²) < 4.78 is 1.00. The molecular weight excluding hydrogens is 286 g/mol. The van der Waals surface area contributed by atoms with Gasteiger partial charge in [-0.1, -0.05) is 17.8 Å². The fourth-order valence-corrected chi connectivity index (χ4v) is 2.73. The van der Waals surface area contributed by atoms with E-state index in [-0.39, 0.29) is 6.61 Å². The Kier molecular flexibility index (Phi) is 3.98. The van der Waals surface area contributed by atoms with Gasteiger partial charge < -0.3 is 5.11 Å². The average molecular weight is 296 g/mol. The number of benzene rings is 1. The summed E-state index contributed by atoms with van der Waals surface area (Å²) in [7, 11) is 0. The Balaban J connectivity index is 2.22. The van der Waals surface area contributed by atoms with Crippen LogP contribution < -0.4 is 0 Å². The van der Waals surface area contributed by atoms with Crippen LogP contribution in [-0.4, -0.2) is 10.1 Å². The normalized spacial score (nSPS) is 10.4. The highest BCUT2D eigenvalue weighted by Gasteiger charge is 2.03. The molecule has 0 fully saturated rings. The van der Waals surface area contributed by atoms with Crippen molar-refractivity contribution in [2.24, 2.45) is 0 Å². The second kappa shape index (κ2) is 5.48. The summed E-state index contributed by atoms with van der Waals surface area (Å²) in [5.41, 5.74) is 0.908. The van der Waals surface area contributed by atoms with Gasteiger partial charge in [0.05, 0.1) is 6.61 Å². The summed E-state index contributed by atoms with van der Waals surface area (Å²) in [4.78, 5) is 6.25. The molecule has 0 amide bonds. The number of aliphatic hydroxyl groups excluding tert-OH is 1. The minimum absolute atomic E-state index is 0.0683. The van der Waals surface area contributed by atoms with Gasteiger partial charge in [0.15, 0.2) is 0 Å². The Morgan fingerprint density at radius 2 is 1.94 bits per heavy atom. The van der Waals surface area contributed by atoms with Crippen molar-refractivity contribution in [1.82, 2.24) is 4.98 Å². The molecule has 4 heteroatoms. The number of pyridine rings is 1. The van der Waals surface area contributed by atoms with Gasteiger partial charge in [-0.2, -0.15) is 0 Å². The number of nitrogens with zero attached hydrogens (tertiary/aromatic N) is 1. The molecule has 1 N–H and O–H groups in total. The first-order valence-corrected chi connectivity index (χ1v) is 6.37. The van der Waals surface area contributed by atoms with E-state index in [0.717, 1.165) is 19.8 Å². The van der Waals surface area contributed by atoms with Crippen LogP contribution in [0.25, 0.3) is 0 Å². The molecule has 0 unspecified atom stereocenters. The van der Waals surface area contributed by atoms with Crippen molar-refractivity contribution in [3.05, 3.63) is 52.8 Å². The minimum Gasteiger partial charge on any atom is -0.392 e. The number of rotatable bonds is 3. The van der Waals surface area contributed by atoms with Crippen LogP contribution in [-0.2, 0) is 6.61 Å². The molecule has 0 saturated heterocycles. The number of halogens is 1. The van der Waals surface area contributed by atoms with Gasteiger partial charge in [-0.3, -0.25) is 4.98 Å². The second-order valence-electron chi connectivity index (χ2n) is 3.21. The lowest BCUT2D eigenvalue weighted by Gasteiger charge is -2.05. The Labute approximate surface area is 107 Å². The number of hydrogen-bond acceptors (Lipinski definition) is 3. The molecular formula is C12H10BrNOS. The molecule has 1 heterocycles. The molecule has 0 bridgehead atoms. The fourth-order valence-electron chi connectivity index (χ4n) is 1.26. The van der Waals surface area contributed by atoms with Gasteiger partial charge in [0, 0.05) is 26.7 Å².